The average Bonchev–Trinajstić information content (AvgIpc) is 3.65. The molecule has 0 aromatic heterocycles. The highest BCUT2D eigenvalue weighted by atomic mass is 19.4. The van der Waals surface area contributed by atoms with E-state index >= 15 is 0 Å². The number of nitrogens with two attached hydrogens (primary N) is 1. The lowest BCUT2D eigenvalue weighted by molar-refractivity contribution is -0.145. The summed E-state index contributed by atoms with van der Waals surface area (Å²) in [7, 11) is 0. The number of amides is 2. The summed E-state index contributed by atoms with van der Waals surface area (Å²) in [5, 5.41) is 14.2. The summed E-state index contributed by atoms with van der Waals surface area (Å²) in [5.74, 6) is -1.03. The smallest absolute Gasteiger partial charge is 0.398 e. The van der Waals surface area contributed by atoms with E-state index in [4.69, 9.17) is 5.73 Å². The number of piperidine rings is 1. The van der Waals surface area contributed by atoms with Crippen molar-refractivity contribution < 1.29 is 27.9 Å². The number of aliphatic hydroxyl groups is 1. The Hall–Kier alpha value is -3.07. The van der Waals surface area contributed by atoms with E-state index in [2.05, 4.69) is 5.32 Å². The fourth-order valence-corrected chi connectivity index (χ4v) is 4.60. The summed E-state index contributed by atoms with van der Waals surface area (Å²) in [6.07, 6.45) is -2.02. The zero-order valence-electron chi connectivity index (χ0n) is 18.6. The molecule has 2 aromatic rings. The first kappa shape index (κ1) is 24.1. The first-order valence-corrected chi connectivity index (χ1v) is 11.4. The third-order valence-corrected chi connectivity index (χ3v) is 6.73. The Balaban J connectivity index is 1.56. The van der Waals surface area contributed by atoms with Crippen LogP contribution in [0, 0.1) is 11.8 Å². The summed E-state index contributed by atoms with van der Waals surface area (Å²) < 4.78 is 39.8. The standard InChI is InChI=1S/C25H28F3N3O3/c26-25(27,28)20-14-19(8-9-21(20)29)30-23(33)24(34,15-16-4-2-1-3-5-16)18-10-12-31(13-11-18)22(32)17-6-7-17/h1-5,8-9,14,17-18,34H,6-7,10-13,15,29H2,(H,30,33). The van der Waals surface area contributed by atoms with Crippen molar-refractivity contribution in [3.8, 4) is 0 Å². The number of hydrogen-bond acceptors (Lipinski definition) is 4. The molecule has 6 nitrogen and oxygen atoms in total. The van der Waals surface area contributed by atoms with E-state index in [-0.39, 0.29) is 23.9 Å². The summed E-state index contributed by atoms with van der Waals surface area (Å²) in [6.45, 7) is 0.870. The number of nitrogens with zero attached hydrogens (tertiary/aromatic N) is 1. The van der Waals surface area contributed by atoms with Crippen molar-refractivity contribution in [2.75, 3.05) is 24.1 Å². The molecule has 9 heteroatoms. The van der Waals surface area contributed by atoms with Gasteiger partial charge in [0.2, 0.25) is 5.91 Å². The highest BCUT2D eigenvalue weighted by Gasteiger charge is 2.46. The molecule has 2 amide bonds. The predicted octanol–water partition coefficient (Wildman–Crippen LogP) is 3.85. The maximum absolute atomic E-state index is 13.4. The van der Waals surface area contributed by atoms with Gasteiger partial charge in [0, 0.05) is 42.7 Å². The molecular weight excluding hydrogens is 447 g/mol. The van der Waals surface area contributed by atoms with Gasteiger partial charge in [0.25, 0.3) is 5.91 Å². The zero-order valence-corrected chi connectivity index (χ0v) is 18.6. The van der Waals surface area contributed by atoms with E-state index in [1.54, 1.807) is 29.2 Å². The number of nitrogen functional groups attached to an aromatic ring is 1. The minimum atomic E-state index is -4.67. The van der Waals surface area contributed by atoms with E-state index in [1.807, 2.05) is 6.07 Å². The van der Waals surface area contributed by atoms with Crippen LogP contribution in [0.3, 0.4) is 0 Å². The topological polar surface area (TPSA) is 95.7 Å². The van der Waals surface area contributed by atoms with Crippen LogP contribution in [0.15, 0.2) is 48.5 Å². The third-order valence-electron chi connectivity index (χ3n) is 6.73. The number of likely N-dealkylation sites (tertiary alicyclic amines) is 1. The normalized spacial score (nSPS) is 18.9. The van der Waals surface area contributed by atoms with Crippen LogP contribution in [-0.4, -0.2) is 40.5 Å². The van der Waals surface area contributed by atoms with Crippen molar-refractivity contribution in [2.45, 2.75) is 43.9 Å². The van der Waals surface area contributed by atoms with Crippen molar-refractivity contribution in [3.63, 3.8) is 0 Å². The lowest BCUT2D eigenvalue weighted by atomic mass is 9.76. The van der Waals surface area contributed by atoms with Gasteiger partial charge in [0.1, 0.15) is 5.60 Å². The summed E-state index contributed by atoms with van der Waals surface area (Å²) in [4.78, 5) is 27.6. The minimum absolute atomic E-state index is 0.00200. The van der Waals surface area contributed by atoms with Gasteiger partial charge < -0.3 is 21.1 Å². The molecule has 34 heavy (non-hydrogen) atoms. The molecule has 1 saturated heterocycles. The van der Waals surface area contributed by atoms with Crippen LogP contribution in [0.4, 0.5) is 24.5 Å². The molecule has 2 aromatic carbocycles. The van der Waals surface area contributed by atoms with Gasteiger partial charge in [-0.05, 0) is 49.4 Å². The largest absolute Gasteiger partial charge is 0.418 e. The zero-order chi connectivity index (χ0) is 24.5. The van der Waals surface area contributed by atoms with E-state index in [0.717, 1.165) is 30.5 Å². The van der Waals surface area contributed by atoms with Crippen molar-refractivity contribution in [3.05, 3.63) is 59.7 Å². The van der Waals surface area contributed by atoms with Crippen molar-refractivity contribution in [1.82, 2.24) is 4.90 Å². The molecule has 1 aliphatic carbocycles. The molecule has 1 aliphatic heterocycles. The van der Waals surface area contributed by atoms with Gasteiger partial charge >= 0.3 is 6.18 Å². The lowest BCUT2D eigenvalue weighted by Gasteiger charge is -2.40. The monoisotopic (exact) mass is 475 g/mol. The molecular formula is C25H28F3N3O3. The number of hydrogen-bond donors (Lipinski definition) is 3. The van der Waals surface area contributed by atoms with Crippen LogP contribution >= 0.6 is 0 Å². The van der Waals surface area contributed by atoms with E-state index in [9.17, 15) is 27.9 Å². The van der Waals surface area contributed by atoms with Gasteiger partial charge in [-0.2, -0.15) is 13.2 Å². The van der Waals surface area contributed by atoms with Gasteiger partial charge in [-0.1, -0.05) is 30.3 Å². The van der Waals surface area contributed by atoms with Crippen molar-refractivity contribution in [2.24, 2.45) is 11.8 Å². The Morgan fingerprint density at radius 1 is 1.03 bits per heavy atom. The quantitative estimate of drug-likeness (QED) is 0.553. The molecule has 4 rings (SSSR count). The maximum atomic E-state index is 13.4. The Kier molecular flexibility index (Phi) is 6.58. The number of benzene rings is 2. The van der Waals surface area contributed by atoms with Gasteiger partial charge in [-0.25, -0.2) is 0 Å². The second-order valence-corrected chi connectivity index (χ2v) is 9.21. The number of halogens is 3. The van der Waals surface area contributed by atoms with Crippen LogP contribution in [-0.2, 0) is 22.2 Å². The molecule has 1 unspecified atom stereocenters. The number of alkyl halides is 3. The summed E-state index contributed by atoms with van der Waals surface area (Å²) in [6, 6.07) is 12.1. The van der Waals surface area contributed by atoms with Crippen molar-refractivity contribution >= 4 is 23.2 Å². The molecule has 0 spiro atoms. The van der Waals surface area contributed by atoms with Crippen LogP contribution in [0.1, 0.15) is 36.8 Å². The fraction of sp³-hybridized carbons (Fsp3) is 0.440. The molecule has 4 N–H and O–H groups in total. The van der Waals surface area contributed by atoms with Gasteiger partial charge in [-0.15, -0.1) is 0 Å². The van der Waals surface area contributed by atoms with Gasteiger partial charge in [0.05, 0.1) is 5.56 Å². The van der Waals surface area contributed by atoms with Crippen LogP contribution in [0.25, 0.3) is 0 Å². The number of anilines is 2. The molecule has 0 bridgehead atoms. The molecule has 2 aliphatic rings. The van der Waals surface area contributed by atoms with Crippen molar-refractivity contribution in [1.29, 1.82) is 0 Å². The molecule has 1 heterocycles. The highest BCUT2D eigenvalue weighted by molar-refractivity contribution is 5.98. The number of nitrogens with one attached hydrogen (secondary N) is 1. The summed E-state index contributed by atoms with van der Waals surface area (Å²) in [5.41, 5.74) is 2.73. The maximum Gasteiger partial charge on any atom is 0.418 e. The number of rotatable bonds is 6. The Morgan fingerprint density at radius 3 is 2.26 bits per heavy atom. The second kappa shape index (κ2) is 9.29. The first-order chi connectivity index (χ1) is 16.1. The predicted molar refractivity (Wildman–Crippen MR) is 122 cm³/mol. The lowest BCUT2D eigenvalue weighted by Crippen LogP contribution is -2.54. The Morgan fingerprint density at radius 2 is 1.68 bits per heavy atom. The van der Waals surface area contributed by atoms with Gasteiger partial charge in [0.15, 0.2) is 0 Å². The van der Waals surface area contributed by atoms with Gasteiger partial charge in [-0.3, -0.25) is 9.59 Å². The van der Waals surface area contributed by atoms with E-state index < -0.39 is 34.9 Å². The van der Waals surface area contributed by atoms with E-state index in [0.29, 0.717) is 25.9 Å². The Bertz CT molecular complexity index is 1050. The Labute approximate surface area is 195 Å². The fourth-order valence-electron chi connectivity index (χ4n) is 4.60. The highest BCUT2D eigenvalue weighted by Crippen LogP contribution is 2.38. The molecule has 1 saturated carbocycles. The van der Waals surface area contributed by atoms with Crippen LogP contribution in [0.5, 0.6) is 0 Å². The molecule has 1 atom stereocenters. The average molecular weight is 476 g/mol. The summed E-state index contributed by atoms with van der Waals surface area (Å²) >= 11 is 0. The SMILES string of the molecule is Nc1ccc(NC(=O)C(O)(Cc2ccccc2)C2CCN(C(=O)C3CC3)CC2)cc1C(F)(F)F. The van der Waals surface area contributed by atoms with Crippen LogP contribution in [0.2, 0.25) is 0 Å². The number of carbonyl (C=O) groups excluding carboxylic acids is 2. The molecule has 2 fully saturated rings. The molecule has 182 valence electrons. The first-order valence-electron chi connectivity index (χ1n) is 11.4. The second-order valence-electron chi connectivity index (χ2n) is 9.21. The van der Waals surface area contributed by atoms with Crippen LogP contribution < -0.4 is 11.1 Å². The molecule has 0 radical (unpaired) electrons. The third kappa shape index (κ3) is 5.19. The number of carbonyl (C=O) groups is 2. The van der Waals surface area contributed by atoms with E-state index in [1.165, 1.54) is 6.07 Å². The minimum Gasteiger partial charge on any atom is -0.398 e.